The van der Waals surface area contributed by atoms with E-state index in [4.69, 9.17) is 5.73 Å². The van der Waals surface area contributed by atoms with Gasteiger partial charge in [0.05, 0.1) is 4.88 Å². The molecule has 0 aliphatic rings. The fraction of sp³-hybridized carbons (Fsp3) is 0.267. The van der Waals surface area contributed by atoms with Crippen LogP contribution in [0.2, 0.25) is 0 Å². The smallest absolute Gasteiger partial charge is 0.261 e. The summed E-state index contributed by atoms with van der Waals surface area (Å²) >= 11 is 1.52. The Balaban J connectivity index is 0.00000200. The van der Waals surface area contributed by atoms with E-state index in [1.165, 1.54) is 16.2 Å². The molecule has 3 nitrogen and oxygen atoms in total. The predicted octanol–water partition coefficient (Wildman–Crippen LogP) is 3.22. The van der Waals surface area contributed by atoms with Gasteiger partial charge in [0, 0.05) is 17.5 Å². The van der Waals surface area contributed by atoms with E-state index in [2.05, 4.69) is 5.32 Å². The van der Waals surface area contributed by atoms with Crippen molar-refractivity contribution >= 4 is 29.7 Å². The molecule has 0 aliphatic carbocycles. The molecule has 0 saturated carbocycles. The molecule has 1 unspecified atom stereocenters. The van der Waals surface area contributed by atoms with E-state index in [9.17, 15) is 4.79 Å². The number of aryl methyl sites for hydroxylation is 2. The van der Waals surface area contributed by atoms with Crippen molar-refractivity contribution in [2.24, 2.45) is 5.73 Å². The molecule has 1 heterocycles. The minimum absolute atomic E-state index is 0. The number of benzene rings is 1. The number of hydrogen-bond acceptors (Lipinski definition) is 3. The molecule has 0 radical (unpaired) electrons. The van der Waals surface area contributed by atoms with Crippen molar-refractivity contribution < 1.29 is 4.79 Å². The number of nitrogens with two attached hydrogens (primary N) is 1. The van der Waals surface area contributed by atoms with E-state index in [1.807, 2.05) is 50.2 Å². The quantitative estimate of drug-likeness (QED) is 0.911. The van der Waals surface area contributed by atoms with Crippen LogP contribution in [-0.4, -0.2) is 12.5 Å². The van der Waals surface area contributed by atoms with Crippen molar-refractivity contribution in [1.82, 2.24) is 5.32 Å². The van der Waals surface area contributed by atoms with Gasteiger partial charge in [-0.2, -0.15) is 0 Å². The molecule has 5 heteroatoms. The molecule has 3 N–H and O–H groups in total. The normalized spacial score (nSPS) is 11.6. The number of thiophene rings is 1. The topological polar surface area (TPSA) is 55.1 Å². The van der Waals surface area contributed by atoms with Gasteiger partial charge < -0.3 is 11.1 Å². The van der Waals surface area contributed by atoms with Crippen molar-refractivity contribution in [3.8, 4) is 0 Å². The van der Waals surface area contributed by atoms with Crippen LogP contribution in [-0.2, 0) is 0 Å². The Labute approximate surface area is 129 Å². The summed E-state index contributed by atoms with van der Waals surface area (Å²) in [6.45, 7) is 4.48. The molecule has 1 aromatic carbocycles. The predicted molar refractivity (Wildman–Crippen MR) is 86.7 cm³/mol. The molecule has 2 rings (SSSR count). The average Bonchev–Trinajstić information content (AvgIpc) is 2.77. The fourth-order valence-corrected chi connectivity index (χ4v) is 2.74. The zero-order valence-electron chi connectivity index (χ0n) is 11.6. The first-order valence-electron chi connectivity index (χ1n) is 6.23. The summed E-state index contributed by atoms with van der Waals surface area (Å²) in [6, 6.07) is 11.5. The van der Waals surface area contributed by atoms with Gasteiger partial charge in [0.25, 0.3) is 5.91 Å². The highest BCUT2D eigenvalue weighted by Crippen LogP contribution is 2.20. The molecule has 1 amide bonds. The highest BCUT2D eigenvalue weighted by atomic mass is 35.5. The van der Waals surface area contributed by atoms with E-state index in [-0.39, 0.29) is 24.4 Å². The van der Waals surface area contributed by atoms with Gasteiger partial charge in [-0.3, -0.25) is 4.79 Å². The van der Waals surface area contributed by atoms with Crippen molar-refractivity contribution in [1.29, 1.82) is 0 Å². The van der Waals surface area contributed by atoms with E-state index >= 15 is 0 Å². The third-order valence-electron chi connectivity index (χ3n) is 3.10. The summed E-state index contributed by atoms with van der Waals surface area (Å²) in [5.41, 5.74) is 8.23. The molecule has 1 atom stereocenters. The van der Waals surface area contributed by atoms with E-state index < -0.39 is 0 Å². The zero-order valence-corrected chi connectivity index (χ0v) is 13.2. The molecule has 0 saturated heterocycles. The van der Waals surface area contributed by atoms with Gasteiger partial charge in [-0.25, -0.2) is 0 Å². The second-order valence-electron chi connectivity index (χ2n) is 4.58. The molecule has 108 valence electrons. The van der Waals surface area contributed by atoms with E-state index in [1.54, 1.807) is 0 Å². The average molecular weight is 311 g/mol. The first-order chi connectivity index (χ1) is 9.08. The lowest BCUT2D eigenvalue weighted by Crippen LogP contribution is -2.31. The molecular weight excluding hydrogens is 292 g/mol. The number of hydrogen-bond donors (Lipinski definition) is 2. The molecular formula is C15H19ClN2OS. The Kier molecular flexibility index (Phi) is 6.20. The maximum Gasteiger partial charge on any atom is 0.261 e. The lowest BCUT2D eigenvalue weighted by Gasteiger charge is -2.12. The Morgan fingerprint density at radius 3 is 2.50 bits per heavy atom. The highest BCUT2D eigenvalue weighted by Gasteiger charge is 2.12. The third kappa shape index (κ3) is 4.07. The van der Waals surface area contributed by atoms with Crippen molar-refractivity contribution in [3.63, 3.8) is 0 Å². The Morgan fingerprint density at radius 1 is 1.30 bits per heavy atom. The van der Waals surface area contributed by atoms with Crippen LogP contribution < -0.4 is 11.1 Å². The van der Waals surface area contributed by atoms with Crippen LogP contribution in [0.5, 0.6) is 0 Å². The van der Waals surface area contributed by atoms with Gasteiger partial charge in [-0.1, -0.05) is 30.3 Å². The fourth-order valence-electron chi connectivity index (χ4n) is 1.79. The van der Waals surface area contributed by atoms with Gasteiger partial charge in [-0.05, 0) is 31.0 Å². The van der Waals surface area contributed by atoms with Gasteiger partial charge in [0.1, 0.15) is 0 Å². The minimum Gasteiger partial charge on any atom is -0.349 e. The molecule has 0 spiro atoms. The van der Waals surface area contributed by atoms with Gasteiger partial charge >= 0.3 is 0 Å². The van der Waals surface area contributed by atoms with Crippen LogP contribution in [0.15, 0.2) is 36.4 Å². The number of nitrogens with one attached hydrogen (secondary N) is 1. The lowest BCUT2D eigenvalue weighted by atomic mass is 10.1. The summed E-state index contributed by atoms with van der Waals surface area (Å²) in [7, 11) is 0. The van der Waals surface area contributed by atoms with Crippen LogP contribution in [0.25, 0.3) is 0 Å². The molecule has 1 aromatic heterocycles. The summed E-state index contributed by atoms with van der Waals surface area (Å²) in [5.74, 6) is -0.0485. The van der Waals surface area contributed by atoms with E-state index in [0.717, 1.165) is 16.0 Å². The van der Waals surface area contributed by atoms with Crippen molar-refractivity contribution in [2.45, 2.75) is 19.9 Å². The molecule has 0 bridgehead atoms. The second-order valence-corrected chi connectivity index (χ2v) is 5.83. The third-order valence-corrected chi connectivity index (χ3v) is 4.25. The standard InChI is InChI=1S/C15H18N2OS.ClH/c1-10-8-14(19-11(10)2)15(18)17-9-13(16)12-6-4-3-5-7-12;/h3-8,13H,9,16H2,1-2H3,(H,17,18);1H. The van der Waals surface area contributed by atoms with Gasteiger partial charge in [0.2, 0.25) is 0 Å². The Hall–Kier alpha value is -1.36. The number of amides is 1. The summed E-state index contributed by atoms with van der Waals surface area (Å²) in [5, 5.41) is 2.88. The summed E-state index contributed by atoms with van der Waals surface area (Å²) < 4.78 is 0. The van der Waals surface area contributed by atoms with Crippen LogP contribution in [0.3, 0.4) is 0 Å². The number of halogens is 1. The first-order valence-corrected chi connectivity index (χ1v) is 7.05. The second kappa shape index (κ2) is 7.43. The SMILES string of the molecule is Cc1cc(C(=O)NCC(N)c2ccccc2)sc1C.Cl. The van der Waals surface area contributed by atoms with Crippen LogP contribution in [0.4, 0.5) is 0 Å². The largest absolute Gasteiger partial charge is 0.349 e. The highest BCUT2D eigenvalue weighted by molar-refractivity contribution is 7.14. The van der Waals surface area contributed by atoms with Crippen molar-refractivity contribution in [2.75, 3.05) is 6.54 Å². The summed E-state index contributed by atoms with van der Waals surface area (Å²) in [4.78, 5) is 13.9. The Bertz CT molecular complexity index is 549. The van der Waals surface area contributed by atoms with Crippen LogP contribution in [0, 0.1) is 13.8 Å². The number of carbonyl (C=O) groups excluding carboxylic acids is 1. The number of rotatable bonds is 4. The van der Waals surface area contributed by atoms with Crippen molar-refractivity contribution in [3.05, 3.63) is 57.3 Å². The van der Waals surface area contributed by atoms with Gasteiger partial charge in [0.15, 0.2) is 0 Å². The molecule has 0 aliphatic heterocycles. The van der Waals surface area contributed by atoms with Gasteiger partial charge in [-0.15, -0.1) is 23.7 Å². The maximum atomic E-state index is 12.0. The van der Waals surface area contributed by atoms with Crippen LogP contribution in [0.1, 0.15) is 31.7 Å². The monoisotopic (exact) mass is 310 g/mol. The maximum absolute atomic E-state index is 12.0. The Morgan fingerprint density at radius 2 is 1.95 bits per heavy atom. The lowest BCUT2D eigenvalue weighted by molar-refractivity contribution is 0.0955. The summed E-state index contributed by atoms with van der Waals surface area (Å²) in [6.07, 6.45) is 0. The molecule has 0 fully saturated rings. The van der Waals surface area contributed by atoms with E-state index in [0.29, 0.717) is 6.54 Å². The molecule has 2 aromatic rings. The number of carbonyl (C=O) groups is 1. The zero-order chi connectivity index (χ0) is 13.8. The molecule has 20 heavy (non-hydrogen) atoms. The minimum atomic E-state index is -0.174. The first kappa shape index (κ1) is 16.7. The van der Waals surface area contributed by atoms with Crippen LogP contribution >= 0.6 is 23.7 Å².